The molecule has 2 atom stereocenters. The summed E-state index contributed by atoms with van der Waals surface area (Å²) in [6, 6.07) is 19.5. The van der Waals surface area contributed by atoms with E-state index >= 15 is 0 Å². The fourth-order valence-corrected chi connectivity index (χ4v) is 7.09. The maximum Gasteiger partial charge on any atom is 0.333 e. The number of anilines is 1. The van der Waals surface area contributed by atoms with Gasteiger partial charge in [-0.05, 0) is 51.8 Å². The van der Waals surface area contributed by atoms with Gasteiger partial charge in [0.1, 0.15) is 11.0 Å². The van der Waals surface area contributed by atoms with E-state index in [4.69, 9.17) is 16.3 Å². The van der Waals surface area contributed by atoms with Crippen LogP contribution in [-0.2, 0) is 19.6 Å². The lowest BCUT2D eigenvalue weighted by molar-refractivity contribution is -0.151. The van der Waals surface area contributed by atoms with Crippen LogP contribution in [0.25, 0.3) is 5.57 Å². The number of esters is 1. The molecule has 162 valence electrons. The highest BCUT2D eigenvalue weighted by molar-refractivity contribution is 9.10. The molecule has 0 unspecified atom stereocenters. The van der Waals surface area contributed by atoms with Crippen molar-refractivity contribution in [2.24, 2.45) is 0 Å². The summed E-state index contributed by atoms with van der Waals surface area (Å²) in [5, 5.41) is 11.8. The van der Waals surface area contributed by atoms with Gasteiger partial charge in [-0.15, -0.1) is 0 Å². The largest absolute Gasteiger partial charge is 0.427 e. The standard InChI is InChI=1S/C23H15BrClNO5S/c24-18-9-2-4-11-20(18)32(29,30)26-19-10-3-1-8-16(19)22(28)23(26)17(13-21(27)31-23)14-6-5-7-15(25)12-14/h1-13,22,28H/t22-,23-/m0/s1. The molecule has 0 aliphatic carbocycles. The summed E-state index contributed by atoms with van der Waals surface area (Å²) in [7, 11) is -4.31. The van der Waals surface area contributed by atoms with Crippen molar-refractivity contribution in [3.63, 3.8) is 0 Å². The monoisotopic (exact) mass is 531 g/mol. The van der Waals surface area contributed by atoms with E-state index in [1.165, 1.54) is 12.1 Å². The SMILES string of the molecule is O=C1C=C(c2cccc(Cl)c2)[C@]2(O1)[C@@H](O)c1ccccc1N2S(=O)(=O)c1ccccc1Br. The van der Waals surface area contributed by atoms with E-state index in [1.54, 1.807) is 66.7 Å². The number of rotatable bonds is 3. The Kier molecular flexibility index (Phi) is 4.94. The first-order valence-electron chi connectivity index (χ1n) is 9.55. The van der Waals surface area contributed by atoms with Crippen LogP contribution >= 0.6 is 27.5 Å². The Labute approximate surface area is 197 Å². The minimum absolute atomic E-state index is 0.0309. The van der Waals surface area contributed by atoms with Crippen LogP contribution in [0.2, 0.25) is 5.02 Å². The first-order valence-corrected chi connectivity index (χ1v) is 12.2. The van der Waals surface area contributed by atoms with Crippen molar-refractivity contribution >= 4 is 54.8 Å². The molecule has 1 N–H and O–H groups in total. The molecule has 2 heterocycles. The van der Waals surface area contributed by atoms with Crippen molar-refractivity contribution in [2.45, 2.75) is 16.7 Å². The van der Waals surface area contributed by atoms with Crippen LogP contribution in [0.3, 0.4) is 0 Å². The van der Waals surface area contributed by atoms with Gasteiger partial charge in [0.05, 0.1) is 5.69 Å². The third kappa shape index (κ3) is 2.94. The van der Waals surface area contributed by atoms with Crippen molar-refractivity contribution in [3.05, 3.63) is 99.5 Å². The number of ether oxygens (including phenoxy) is 1. The lowest BCUT2D eigenvalue weighted by Gasteiger charge is -2.38. The van der Waals surface area contributed by atoms with E-state index < -0.39 is 27.8 Å². The van der Waals surface area contributed by atoms with Crippen LogP contribution in [0, 0.1) is 0 Å². The maximum absolute atomic E-state index is 14.0. The second kappa shape index (κ2) is 7.45. The second-order valence-electron chi connectivity index (χ2n) is 7.35. The predicted octanol–water partition coefficient (Wildman–Crippen LogP) is 4.68. The van der Waals surface area contributed by atoms with Crippen LogP contribution in [0.5, 0.6) is 0 Å². The first-order chi connectivity index (χ1) is 15.3. The molecule has 3 aromatic rings. The van der Waals surface area contributed by atoms with Crippen LogP contribution in [0.4, 0.5) is 5.69 Å². The molecule has 0 saturated heterocycles. The Morgan fingerprint density at radius 3 is 2.50 bits per heavy atom. The predicted molar refractivity (Wildman–Crippen MR) is 123 cm³/mol. The summed E-state index contributed by atoms with van der Waals surface area (Å²) in [5.74, 6) is -0.765. The highest BCUT2D eigenvalue weighted by atomic mass is 79.9. The first kappa shape index (κ1) is 21.2. The average molecular weight is 533 g/mol. The number of aliphatic hydroxyl groups excluding tert-OH is 1. The summed E-state index contributed by atoms with van der Waals surface area (Å²) in [6.45, 7) is 0. The number of halogens is 2. The van der Waals surface area contributed by atoms with Crippen LogP contribution < -0.4 is 4.31 Å². The molecule has 0 amide bonds. The van der Waals surface area contributed by atoms with Gasteiger partial charge in [0.25, 0.3) is 15.7 Å². The number of sulfonamides is 1. The normalized spacial score (nSPS) is 22.1. The number of nitrogens with zero attached hydrogens (tertiary/aromatic N) is 1. The number of carbonyl (C=O) groups is 1. The topological polar surface area (TPSA) is 83.9 Å². The lowest BCUT2D eigenvalue weighted by Crippen LogP contribution is -2.53. The molecular weight excluding hydrogens is 518 g/mol. The molecule has 32 heavy (non-hydrogen) atoms. The van der Waals surface area contributed by atoms with Crippen molar-refractivity contribution in [3.8, 4) is 0 Å². The van der Waals surface area contributed by atoms with Crippen molar-refractivity contribution < 1.29 is 23.1 Å². The number of fused-ring (bicyclic) bond motifs is 1. The Balaban J connectivity index is 1.82. The van der Waals surface area contributed by atoms with Gasteiger partial charge in [-0.3, -0.25) is 0 Å². The third-order valence-corrected chi connectivity index (χ3v) is 8.57. The zero-order chi connectivity index (χ0) is 22.7. The summed E-state index contributed by atoms with van der Waals surface area (Å²) in [5.41, 5.74) is -0.824. The van der Waals surface area contributed by atoms with Gasteiger partial charge in [-0.2, -0.15) is 0 Å². The molecule has 0 saturated carbocycles. The number of hydrogen-bond donors (Lipinski definition) is 1. The molecule has 2 aliphatic rings. The van der Waals surface area contributed by atoms with Gasteiger partial charge < -0.3 is 9.84 Å². The van der Waals surface area contributed by atoms with Gasteiger partial charge in [0.2, 0.25) is 0 Å². The summed E-state index contributed by atoms with van der Waals surface area (Å²) >= 11 is 9.47. The number of benzene rings is 3. The van der Waals surface area contributed by atoms with Gasteiger partial charge in [0.15, 0.2) is 0 Å². The van der Waals surface area contributed by atoms with Gasteiger partial charge in [0, 0.05) is 26.7 Å². The smallest absolute Gasteiger partial charge is 0.333 e. The van der Waals surface area contributed by atoms with Gasteiger partial charge >= 0.3 is 5.97 Å². The minimum atomic E-state index is -4.31. The lowest BCUT2D eigenvalue weighted by atomic mass is 9.91. The van der Waals surface area contributed by atoms with Crippen LogP contribution in [0.1, 0.15) is 17.2 Å². The van der Waals surface area contributed by atoms with Crippen molar-refractivity contribution in [1.29, 1.82) is 0 Å². The second-order valence-corrected chi connectivity index (χ2v) is 10.4. The fraction of sp³-hybridized carbons (Fsp3) is 0.0870. The Morgan fingerprint density at radius 1 is 1.03 bits per heavy atom. The van der Waals surface area contributed by atoms with Crippen LogP contribution in [0.15, 0.2) is 88.2 Å². The molecule has 0 fully saturated rings. The van der Waals surface area contributed by atoms with Gasteiger partial charge in [-0.1, -0.05) is 54.1 Å². The molecule has 9 heteroatoms. The number of carbonyl (C=O) groups excluding carboxylic acids is 1. The van der Waals surface area contributed by atoms with E-state index in [0.29, 0.717) is 20.6 Å². The molecule has 1 spiro atoms. The number of hydrogen-bond acceptors (Lipinski definition) is 5. The quantitative estimate of drug-likeness (QED) is 0.495. The van der Waals surface area contributed by atoms with E-state index in [9.17, 15) is 18.3 Å². The van der Waals surface area contributed by atoms with Crippen LogP contribution in [-0.4, -0.2) is 25.2 Å². The Hall–Kier alpha value is -2.65. The molecule has 0 radical (unpaired) electrons. The number of para-hydroxylation sites is 1. The minimum Gasteiger partial charge on any atom is -0.427 e. The molecule has 0 bridgehead atoms. The van der Waals surface area contributed by atoms with E-state index in [-0.39, 0.29) is 16.2 Å². The number of aliphatic hydroxyl groups is 1. The molecule has 2 aliphatic heterocycles. The zero-order valence-electron chi connectivity index (χ0n) is 16.3. The fourth-order valence-electron chi connectivity index (χ4n) is 4.22. The van der Waals surface area contributed by atoms with Crippen molar-refractivity contribution in [1.82, 2.24) is 0 Å². The van der Waals surface area contributed by atoms with Crippen molar-refractivity contribution in [2.75, 3.05) is 4.31 Å². The summed E-state index contributed by atoms with van der Waals surface area (Å²) < 4.78 is 35.0. The van der Waals surface area contributed by atoms with E-state index in [1.807, 2.05) is 0 Å². The molecular formula is C23H15BrClNO5S. The Bertz CT molecular complexity index is 1410. The molecule has 0 aromatic heterocycles. The zero-order valence-corrected chi connectivity index (χ0v) is 19.4. The molecule has 5 rings (SSSR count). The van der Waals surface area contributed by atoms with Gasteiger partial charge in [-0.25, -0.2) is 17.5 Å². The average Bonchev–Trinajstić information content (AvgIpc) is 3.23. The Morgan fingerprint density at radius 2 is 1.75 bits per heavy atom. The highest BCUT2D eigenvalue weighted by Crippen LogP contribution is 2.57. The van der Waals surface area contributed by atoms with E-state index in [2.05, 4.69) is 15.9 Å². The summed E-state index contributed by atoms with van der Waals surface area (Å²) in [6.07, 6.45) is -0.267. The summed E-state index contributed by atoms with van der Waals surface area (Å²) in [4.78, 5) is 12.5. The third-order valence-electron chi connectivity index (χ3n) is 5.52. The van der Waals surface area contributed by atoms with E-state index in [0.717, 1.165) is 4.31 Å². The highest BCUT2D eigenvalue weighted by Gasteiger charge is 2.64. The molecule has 3 aromatic carbocycles. The molecule has 6 nitrogen and oxygen atoms in total. The maximum atomic E-state index is 14.0.